The van der Waals surface area contributed by atoms with Crippen LogP contribution >= 0.6 is 0 Å². The molecule has 2 nitrogen and oxygen atoms in total. The van der Waals surface area contributed by atoms with Crippen LogP contribution in [-0.4, -0.2) is 32.1 Å². The van der Waals surface area contributed by atoms with E-state index in [1.165, 1.54) is 0 Å². The summed E-state index contributed by atoms with van der Waals surface area (Å²) >= 11 is 0. The maximum absolute atomic E-state index is 13.4. The second kappa shape index (κ2) is 6.72. The molecule has 0 saturated heterocycles. The van der Waals surface area contributed by atoms with Gasteiger partial charge in [0.1, 0.15) is 5.82 Å². The number of hydrogen-bond acceptors (Lipinski definition) is 2. The van der Waals surface area contributed by atoms with Gasteiger partial charge < -0.3 is 10.2 Å². The lowest BCUT2D eigenvalue weighted by atomic mass is 10.0. The van der Waals surface area contributed by atoms with Crippen LogP contribution in [0.4, 0.5) is 4.39 Å². The molecule has 1 N–H and O–H groups in total. The molecular formula is C14H23FN2. The second-order valence-corrected chi connectivity index (χ2v) is 4.76. The van der Waals surface area contributed by atoms with Crippen LogP contribution in [0.15, 0.2) is 18.2 Å². The Hall–Kier alpha value is -0.930. The normalized spacial score (nSPS) is 13.1. The van der Waals surface area contributed by atoms with Gasteiger partial charge in [0.2, 0.25) is 0 Å². The summed E-state index contributed by atoms with van der Waals surface area (Å²) in [7, 11) is 4.11. The van der Waals surface area contributed by atoms with Gasteiger partial charge in [-0.15, -0.1) is 0 Å². The molecule has 1 aromatic carbocycles. The fourth-order valence-corrected chi connectivity index (χ4v) is 1.99. The minimum atomic E-state index is -0.146. The van der Waals surface area contributed by atoms with E-state index in [0.717, 1.165) is 30.6 Å². The molecule has 1 unspecified atom stereocenters. The van der Waals surface area contributed by atoms with Crippen LogP contribution in [0.25, 0.3) is 0 Å². The van der Waals surface area contributed by atoms with Gasteiger partial charge in [0.05, 0.1) is 0 Å². The molecular weight excluding hydrogens is 215 g/mol. The minimum Gasteiger partial charge on any atom is -0.310 e. The summed E-state index contributed by atoms with van der Waals surface area (Å²) in [5.74, 6) is -0.146. The van der Waals surface area contributed by atoms with Crippen molar-refractivity contribution in [1.82, 2.24) is 10.2 Å². The largest absolute Gasteiger partial charge is 0.310 e. The maximum Gasteiger partial charge on any atom is 0.123 e. The zero-order valence-corrected chi connectivity index (χ0v) is 11.3. The molecule has 0 saturated carbocycles. The Balaban J connectivity index is 2.80. The van der Waals surface area contributed by atoms with Gasteiger partial charge in [-0.1, -0.05) is 13.0 Å². The third-order valence-corrected chi connectivity index (χ3v) is 2.78. The van der Waals surface area contributed by atoms with Crippen LogP contribution in [0.3, 0.4) is 0 Å². The number of rotatable bonds is 6. The average molecular weight is 238 g/mol. The van der Waals surface area contributed by atoms with Crippen molar-refractivity contribution in [2.24, 2.45) is 0 Å². The molecule has 17 heavy (non-hydrogen) atoms. The first kappa shape index (κ1) is 14.1. The summed E-state index contributed by atoms with van der Waals surface area (Å²) in [6.45, 7) is 5.90. The summed E-state index contributed by atoms with van der Waals surface area (Å²) in [5.41, 5.74) is 2.03. The number of hydrogen-bond donors (Lipinski definition) is 1. The summed E-state index contributed by atoms with van der Waals surface area (Å²) < 4.78 is 13.4. The average Bonchev–Trinajstić information content (AvgIpc) is 2.22. The Morgan fingerprint density at radius 1 is 1.29 bits per heavy atom. The molecule has 0 aliphatic carbocycles. The highest BCUT2D eigenvalue weighted by Gasteiger charge is 2.11. The third-order valence-electron chi connectivity index (χ3n) is 2.78. The number of nitrogens with one attached hydrogen (secondary N) is 1. The highest BCUT2D eigenvalue weighted by atomic mass is 19.1. The topological polar surface area (TPSA) is 15.3 Å². The first-order valence-corrected chi connectivity index (χ1v) is 6.18. The summed E-state index contributed by atoms with van der Waals surface area (Å²) in [5, 5.41) is 3.42. The van der Waals surface area contributed by atoms with Crippen LogP contribution in [0.5, 0.6) is 0 Å². The minimum absolute atomic E-state index is 0.146. The lowest BCUT2D eigenvalue weighted by Gasteiger charge is -2.21. The summed E-state index contributed by atoms with van der Waals surface area (Å²) in [6.07, 6.45) is 0.990. The Morgan fingerprint density at radius 3 is 2.53 bits per heavy atom. The lowest BCUT2D eigenvalue weighted by molar-refractivity contribution is 0.363. The van der Waals surface area contributed by atoms with Crippen LogP contribution in [0, 0.1) is 12.7 Å². The Labute approximate surface area is 104 Å². The molecule has 1 atom stereocenters. The van der Waals surface area contributed by atoms with Crippen molar-refractivity contribution >= 4 is 0 Å². The van der Waals surface area contributed by atoms with Crippen molar-refractivity contribution in [1.29, 1.82) is 0 Å². The molecule has 1 aromatic rings. The van der Waals surface area contributed by atoms with Crippen LogP contribution < -0.4 is 5.32 Å². The van der Waals surface area contributed by atoms with E-state index in [1.807, 2.05) is 6.92 Å². The molecule has 1 rings (SSSR count). The molecule has 0 amide bonds. The van der Waals surface area contributed by atoms with Crippen LogP contribution in [0.2, 0.25) is 0 Å². The fourth-order valence-electron chi connectivity index (χ4n) is 1.99. The van der Waals surface area contributed by atoms with E-state index < -0.39 is 0 Å². The van der Waals surface area contributed by atoms with E-state index in [-0.39, 0.29) is 11.9 Å². The number of halogens is 1. The number of benzene rings is 1. The smallest absolute Gasteiger partial charge is 0.123 e. The molecule has 0 aromatic heterocycles. The first-order valence-electron chi connectivity index (χ1n) is 6.18. The van der Waals surface area contributed by atoms with Crippen LogP contribution in [0.1, 0.15) is 30.5 Å². The lowest BCUT2D eigenvalue weighted by Crippen LogP contribution is -2.25. The molecule has 0 aliphatic rings. The Bertz CT molecular complexity index is 330. The molecule has 3 heteroatoms. The van der Waals surface area contributed by atoms with Gasteiger partial charge in [-0.25, -0.2) is 4.39 Å². The molecule has 0 heterocycles. The van der Waals surface area contributed by atoms with Crippen molar-refractivity contribution in [3.63, 3.8) is 0 Å². The third kappa shape index (κ3) is 4.84. The molecule has 0 aliphatic heterocycles. The van der Waals surface area contributed by atoms with E-state index in [1.54, 1.807) is 12.1 Å². The van der Waals surface area contributed by atoms with E-state index in [9.17, 15) is 4.39 Å². The van der Waals surface area contributed by atoms with Crippen molar-refractivity contribution < 1.29 is 4.39 Å². The van der Waals surface area contributed by atoms with Crippen molar-refractivity contribution in [2.45, 2.75) is 26.3 Å². The van der Waals surface area contributed by atoms with E-state index in [0.29, 0.717) is 0 Å². The van der Waals surface area contributed by atoms with Gasteiger partial charge in [0.15, 0.2) is 0 Å². The molecule has 0 spiro atoms. The monoisotopic (exact) mass is 238 g/mol. The summed E-state index contributed by atoms with van der Waals surface area (Å²) in [6, 6.07) is 5.50. The van der Waals surface area contributed by atoms with Gasteiger partial charge in [0, 0.05) is 6.04 Å². The molecule has 96 valence electrons. The number of nitrogens with zero attached hydrogens (tertiary/aromatic N) is 1. The summed E-state index contributed by atoms with van der Waals surface area (Å²) in [4.78, 5) is 2.15. The van der Waals surface area contributed by atoms with Gasteiger partial charge in [-0.05, 0) is 63.8 Å². The van der Waals surface area contributed by atoms with Gasteiger partial charge in [-0.3, -0.25) is 0 Å². The molecule has 0 fully saturated rings. The molecule has 0 bridgehead atoms. The quantitative estimate of drug-likeness (QED) is 0.820. The standard InChI is InChI=1S/C14H23FN2/c1-5-16-14(6-7-17(3)4)12-8-11(2)9-13(15)10-12/h8-10,14,16H,5-7H2,1-4H3. The highest BCUT2D eigenvalue weighted by molar-refractivity contribution is 5.26. The SMILES string of the molecule is CCNC(CCN(C)C)c1cc(C)cc(F)c1. The Kier molecular flexibility index (Phi) is 5.59. The zero-order chi connectivity index (χ0) is 12.8. The number of aryl methyl sites for hydroxylation is 1. The predicted molar refractivity (Wildman–Crippen MR) is 70.7 cm³/mol. The van der Waals surface area contributed by atoms with Crippen molar-refractivity contribution in [3.8, 4) is 0 Å². The fraction of sp³-hybridized carbons (Fsp3) is 0.571. The van der Waals surface area contributed by atoms with Crippen LogP contribution in [-0.2, 0) is 0 Å². The molecule has 0 radical (unpaired) electrons. The predicted octanol–water partition coefficient (Wildman–Crippen LogP) is 2.74. The van der Waals surface area contributed by atoms with E-state index >= 15 is 0 Å². The second-order valence-electron chi connectivity index (χ2n) is 4.76. The van der Waals surface area contributed by atoms with Crippen molar-refractivity contribution in [2.75, 3.05) is 27.2 Å². The first-order chi connectivity index (χ1) is 8.02. The van der Waals surface area contributed by atoms with Gasteiger partial charge >= 0.3 is 0 Å². The Morgan fingerprint density at radius 2 is 2.00 bits per heavy atom. The zero-order valence-electron chi connectivity index (χ0n) is 11.3. The van der Waals surface area contributed by atoms with Gasteiger partial charge in [-0.2, -0.15) is 0 Å². The van der Waals surface area contributed by atoms with E-state index in [4.69, 9.17) is 0 Å². The van der Waals surface area contributed by atoms with Crippen molar-refractivity contribution in [3.05, 3.63) is 35.1 Å². The van der Waals surface area contributed by atoms with E-state index in [2.05, 4.69) is 37.3 Å². The maximum atomic E-state index is 13.4. The van der Waals surface area contributed by atoms with Gasteiger partial charge in [0.25, 0.3) is 0 Å². The highest BCUT2D eigenvalue weighted by Crippen LogP contribution is 2.19.